The predicted octanol–water partition coefficient (Wildman–Crippen LogP) is 17.4. The first-order valence-corrected chi connectivity index (χ1v) is 22.9. The molecule has 0 saturated heterocycles. The van der Waals surface area contributed by atoms with E-state index in [0.29, 0.717) is 11.1 Å². The van der Waals surface area contributed by atoms with Gasteiger partial charge in [-0.25, -0.2) is 0 Å². The molecule has 0 atom stereocenters. The maximum atomic E-state index is 12.9. The van der Waals surface area contributed by atoms with Crippen LogP contribution in [0.25, 0.3) is 67.4 Å². The quantitative estimate of drug-likeness (QED) is 0.0525. The average molecular weight is 907 g/mol. The molecule has 0 radical (unpaired) electrons. The molecule has 8 heteroatoms. The molecule has 11 rings (SSSR count). The lowest BCUT2D eigenvalue weighted by Gasteiger charge is -2.27. The highest BCUT2D eigenvalue weighted by molar-refractivity contribution is 6.16. The van der Waals surface area contributed by atoms with Gasteiger partial charge in [-0.1, -0.05) is 170 Å². The van der Waals surface area contributed by atoms with E-state index in [9.17, 15) is 20.2 Å². The second-order valence-electron chi connectivity index (χ2n) is 17.0. The number of benzene rings is 11. The largest absolute Gasteiger partial charge is 0.310 e. The Hall–Kier alpha value is -9.66. The molecule has 0 aromatic heterocycles. The van der Waals surface area contributed by atoms with E-state index >= 15 is 0 Å². The van der Waals surface area contributed by atoms with E-state index in [2.05, 4.69) is 131 Å². The zero-order valence-electron chi connectivity index (χ0n) is 37.7. The van der Waals surface area contributed by atoms with Crippen LogP contribution < -0.4 is 9.80 Å². The summed E-state index contributed by atoms with van der Waals surface area (Å²) in [6.45, 7) is 0. The molecule has 0 aliphatic rings. The van der Waals surface area contributed by atoms with Crippen molar-refractivity contribution in [1.82, 2.24) is 0 Å². The number of para-hydroxylation sites is 2. The Morgan fingerprint density at radius 2 is 0.629 bits per heavy atom. The lowest BCUT2D eigenvalue weighted by Crippen LogP contribution is -2.10. The summed E-state index contributed by atoms with van der Waals surface area (Å²) in [4.78, 5) is 29.3. The van der Waals surface area contributed by atoms with Crippen molar-refractivity contribution in [3.05, 3.63) is 273 Å². The van der Waals surface area contributed by atoms with Crippen LogP contribution in [-0.4, -0.2) is 9.85 Å². The summed E-state index contributed by atoms with van der Waals surface area (Å²) >= 11 is 0. The first-order chi connectivity index (χ1) is 34.4. The predicted molar refractivity (Wildman–Crippen MR) is 290 cm³/mol. The van der Waals surface area contributed by atoms with Gasteiger partial charge in [0.05, 0.1) is 42.8 Å². The number of nitrogens with zero attached hydrogens (tertiary/aromatic N) is 4. The fourth-order valence-corrected chi connectivity index (χ4v) is 9.49. The Kier molecular flexibility index (Phi) is 11.4. The van der Waals surface area contributed by atoms with E-state index in [1.165, 1.54) is 0 Å². The molecule has 8 nitrogen and oxygen atoms in total. The number of anilines is 6. The summed E-state index contributed by atoms with van der Waals surface area (Å²) in [6, 6.07) is 76.3. The number of fused-ring (bicyclic) bond motifs is 4. The van der Waals surface area contributed by atoms with Crippen molar-refractivity contribution >= 4 is 113 Å². The number of rotatable bonds is 12. The van der Waals surface area contributed by atoms with E-state index in [1.54, 1.807) is 36.4 Å². The number of nitro benzene ring substituents is 2. The third kappa shape index (κ3) is 8.27. The maximum Gasteiger partial charge on any atom is 0.285 e. The summed E-state index contributed by atoms with van der Waals surface area (Å²) in [5.41, 5.74) is 8.97. The van der Waals surface area contributed by atoms with Crippen molar-refractivity contribution in [1.29, 1.82) is 0 Å². The molecule has 0 unspecified atom stereocenters. The van der Waals surface area contributed by atoms with Gasteiger partial charge in [-0.2, -0.15) is 0 Å². The van der Waals surface area contributed by atoms with Crippen molar-refractivity contribution in [3.8, 4) is 0 Å². The minimum Gasteiger partial charge on any atom is -0.310 e. The van der Waals surface area contributed by atoms with Crippen molar-refractivity contribution in [2.24, 2.45) is 0 Å². The average Bonchev–Trinajstić information content (AvgIpc) is 3.40. The fourth-order valence-electron chi connectivity index (χ4n) is 9.49. The third-order valence-corrected chi connectivity index (χ3v) is 12.8. The zero-order chi connectivity index (χ0) is 47.6. The van der Waals surface area contributed by atoms with Gasteiger partial charge in [-0.3, -0.25) is 20.2 Å². The monoisotopic (exact) mass is 906 g/mol. The zero-order valence-corrected chi connectivity index (χ0v) is 37.7. The lowest BCUT2D eigenvalue weighted by atomic mass is 9.95. The minimum atomic E-state index is -0.441. The van der Waals surface area contributed by atoms with E-state index < -0.39 is 9.85 Å². The molecule has 0 heterocycles. The van der Waals surface area contributed by atoms with Crippen LogP contribution in [0, 0.1) is 20.2 Å². The van der Waals surface area contributed by atoms with Crippen LogP contribution in [0.4, 0.5) is 45.5 Å². The van der Waals surface area contributed by atoms with Crippen LogP contribution in [0.2, 0.25) is 0 Å². The van der Waals surface area contributed by atoms with Crippen molar-refractivity contribution < 1.29 is 9.85 Å². The van der Waals surface area contributed by atoms with Crippen molar-refractivity contribution in [2.75, 3.05) is 9.80 Å². The first kappa shape index (κ1) is 42.9. The van der Waals surface area contributed by atoms with E-state index in [-0.39, 0.29) is 32.9 Å². The summed E-state index contributed by atoms with van der Waals surface area (Å²) < 4.78 is 0. The molecule has 0 amide bonds. The van der Waals surface area contributed by atoms with E-state index in [0.717, 1.165) is 66.8 Å². The Balaban J connectivity index is 0.888. The molecule has 0 aliphatic heterocycles. The number of hydrogen-bond acceptors (Lipinski definition) is 6. The highest BCUT2D eigenvalue weighted by Gasteiger charge is 2.28. The smallest absolute Gasteiger partial charge is 0.285 e. The lowest BCUT2D eigenvalue weighted by molar-refractivity contribution is -0.384. The van der Waals surface area contributed by atoms with Gasteiger partial charge in [0.2, 0.25) is 0 Å². The highest BCUT2D eigenvalue weighted by Crippen LogP contribution is 2.44. The van der Waals surface area contributed by atoms with Crippen LogP contribution in [0.5, 0.6) is 0 Å². The van der Waals surface area contributed by atoms with Gasteiger partial charge >= 0.3 is 0 Å². The molecule has 11 aromatic rings. The Morgan fingerprint density at radius 1 is 0.300 bits per heavy atom. The Labute approximate surface area is 403 Å². The van der Waals surface area contributed by atoms with Gasteiger partial charge in [0.15, 0.2) is 0 Å². The van der Waals surface area contributed by atoms with Crippen LogP contribution in [0.1, 0.15) is 22.3 Å². The highest BCUT2D eigenvalue weighted by atomic mass is 16.6. The van der Waals surface area contributed by atoms with Gasteiger partial charge < -0.3 is 9.80 Å². The molecule has 0 aliphatic carbocycles. The summed E-state index contributed by atoms with van der Waals surface area (Å²) in [6.07, 6.45) is 7.62. The fraction of sp³-hybridized carbons (Fsp3) is 0. The van der Waals surface area contributed by atoms with Gasteiger partial charge in [0, 0.05) is 33.5 Å². The van der Waals surface area contributed by atoms with E-state index in [1.807, 2.05) is 97.1 Å². The molecule has 0 spiro atoms. The summed E-state index contributed by atoms with van der Waals surface area (Å²) in [7, 11) is 0. The molecule has 11 aromatic carbocycles. The second-order valence-corrected chi connectivity index (χ2v) is 17.0. The third-order valence-electron chi connectivity index (χ3n) is 12.8. The summed E-state index contributed by atoms with van der Waals surface area (Å²) in [5, 5.41) is 31.1. The molecule has 0 saturated carbocycles. The number of nitro groups is 2. The van der Waals surface area contributed by atoms with Gasteiger partial charge in [-0.05, 0) is 118 Å². The molecular weight excluding hydrogens is 865 g/mol. The molecule has 334 valence electrons. The number of hydrogen-bond donors (Lipinski definition) is 0. The molecule has 0 bridgehead atoms. The van der Waals surface area contributed by atoms with Gasteiger partial charge in [0.25, 0.3) is 11.4 Å². The molecule has 70 heavy (non-hydrogen) atoms. The minimum absolute atomic E-state index is 0.176. The normalized spacial score (nSPS) is 11.5. The van der Waals surface area contributed by atoms with Gasteiger partial charge in [-0.15, -0.1) is 0 Å². The Morgan fingerprint density at radius 3 is 1.03 bits per heavy atom. The molecular formula is C62H42N4O4. The molecule has 0 N–H and O–H groups in total. The van der Waals surface area contributed by atoms with Crippen LogP contribution >= 0.6 is 0 Å². The van der Waals surface area contributed by atoms with Crippen LogP contribution in [-0.2, 0) is 0 Å². The van der Waals surface area contributed by atoms with Crippen molar-refractivity contribution in [3.63, 3.8) is 0 Å². The van der Waals surface area contributed by atoms with Crippen molar-refractivity contribution in [2.45, 2.75) is 0 Å². The second kappa shape index (κ2) is 18.6. The standard InChI is InChI=1S/C62H42N4O4/c67-65(68)61-56-40-34-46(28-26-44-31-37-52(38-32-44)64(50-19-5-2-6-20-50)60-24-12-16-48-14-8-10-22-54(48)60)42-58(56)62(66(69)70)55-39-33-45(41-57(55)61)27-25-43-29-35-51(36-30-43)63(49-17-3-1-4-18-49)59-23-11-15-47-13-7-9-21-53(47)59/h1-42H. The van der Waals surface area contributed by atoms with Crippen LogP contribution in [0.15, 0.2) is 231 Å². The summed E-state index contributed by atoms with van der Waals surface area (Å²) in [5.74, 6) is 0. The van der Waals surface area contributed by atoms with Crippen LogP contribution in [0.3, 0.4) is 0 Å². The Bertz CT molecular complexity index is 3570. The maximum absolute atomic E-state index is 12.9. The molecule has 0 fully saturated rings. The SMILES string of the molecule is O=[N+]([O-])c1c2ccc(C=Cc3ccc(N(c4ccccc4)c4cccc5ccccc45)cc3)cc2c([N+](=O)[O-])c2ccc(C=Cc3ccc(N(c4ccccc4)c4cccc5ccccc45)cc3)cc12. The van der Waals surface area contributed by atoms with E-state index in [4.69, 9.17) is 0 Å². The first-order valence-electron chi connectivity index (χ1n) is 22.9. The number of non-ortho nitro benzene ring substituents is 2. The topological polar surface area (TPSA) is 92.8 Å². The van der Waals surface area contributed by atoms with Gasteiger partial charge in [0.1, 0.15) is 0 Å².